The lowest BCUT2D eigenvalue weighted by atomic mass is 9.94. The lowest BCUT2D eigenvalue weighted by Gasteiger charge is -2.11. The Bertz CT molecular complexity index is 539. The fourth-order valence-electron chi connectivity index (χ4n) is 2.29. The van der Waals surface area contributed by atoms with Crippen LogP contribution in [0.1, 0.15) is 17.0 Å². The van der Waals surface area contributed by atoms with Crippen LogP contribution in [0.2, 0.25) is 0 Å². The monoisotopic (exact) mass is 242 g/mol. The molecule has 0 fully saturated rings. The van der Waals surface area contributed by atoms with Gasteiger partial charge in [0.25, 0.3) is 0 Å². The fourth-order valence-corrected chi connectivity index (χ4v) is 3.54. The van der Waals surface area contributed by atoms with Crippen molar-refractivity contribution in [2.24, 2.45) is 0 Å². The molecule has 1 aliphatic rings. The summed E-state index contributed by atoms with van der Waals surface area (Å²) in [5, 5.41) is 0. The third-order valence-electron chi connectivity index (χ3n) is 3.19. The van der Waals surface area contributed by atoms with Crippen LogP contribution in [0, 0.1) is 0 Å². The van der Waals surface area contributed by atoms with Crippen LogP contribution < -0.4 is 5.73 Å². The largest absolute Gasteiger partial charge is 0.383 e. The molecule has 1 aliphatic heterocycles. The van der Waals surface area contributed by atoms with Gasteiger partial charge in [0, 0.05) is 16.8 Å². The van der Waals surface area contributed by atoms with Crippen LogP contribution in [0.5, 0.6) is 0 Å². The number of nitrogen functional groups attached to an aromatic ring is 1. The molecule has 1 atom stereocenters. The van der Waals surface area contributed by atoms with Crippen molar-refractivity contribution in [1.82, 2.24) is 4.98 Å². The van der Waals surface area contributed by atoms with Crippen molar-refractivity contribution in [2.75, 3.05) is 11.5 Å². The number of hydrogen-bond acceptors (Lipinski definition) is 3. The highest BCUT2D eigenvalue weighted by atomic mass is 32.2. The maximum Gasteiger partial charge on any atom is 0.126 e. The number of fused-ring (bicyclic) bond motifs is 1. The molecule has 2 N–H and O–H groups in total. The van der Waals surface area contributed by atoms with Crippen LogP contribution in [0.15, 0.2) is 47.5 Å². The Morgan fingerprint density at radius 3 is 3.00 bits per heavy atom. The first-order valence-corrected chi connectivity index (χ1v) is 6.74. The van der Waals surface area contributed by atoms with E-state index in [2.05, 4.69) is 35.3 Å². The molecular weight excluding hydrogens is 228 g/mol. The Balaban J connectivity index is 1.87. The highest BCUT2D eigenvalue weighted by molar-refractivity contribution is 7.99. The zero-order chi connectivity index (χ0) is 11.7. The van der Waals surface area contributed by atoms with E-state index in [-0.39, 0.29) is 0 Å². The topological polar surface area (TPSA) is 38.9 Å². The van der Waals surface area contributed by atoms with E-state index in [4.69, 9.17) is 5.73 Å². The van der Waals surface area contributed by atoms with E-state index in [0.717, 1.165) is 17.7 Å². The summed E-state index contributed by atoms with van der Waals surface area (Å²) in [6, 6.07) is 12.7. The van der Waals surface area contributed by atoms with Gasteiger partial charge in [-0.2, -0.15) is 0 Å². The highest BCUT2D eigenvalue weighted by Gasteiger charge is 2.23. The van der Waals surface area contributed by atoms with E-state index in [1.54, 1.807) is 6.20 Å². The van der Waals surface area contributed by atoms with Gasteiger partial charge in [0.05, 0.1) is 0 Å². The first-order valence-electron chi connectivity index (χ1n) is 5.75. The van der Waals surface area contributed by atoms with Crippen molar-refractivity contribution in [2.45, 2.75) is 17.2 Å². The summed E-state index contributed by atoms with van der Waals surface area (Å²) in [5.41, 5.74) is 8.52. The minimum atomic E-state index is 0.572. The van der Waals surface area contributed by atoms with Gasteiger partial charge in [0.2, 0.25) is 0 Å². The van der Waals surface area contributed by atoms with Gasteiger partial charge in [-0.05, 0) is 35.6 Å². The van der Waals surface area contributed by atoms with E-state index in [1.165, 1.54) is 10.5 Å². The van der Waals surface area contributed by atoms with Crippen LogP contribution in [-0.2, 0) is 6.42 Å². The van der Waals surface area contributed by atoms with Gasteiger partial charge in [-0.25, -0.2) is 4.98 Å². The van der Waals surface area contributed by atoms with Crippen LogP contribution in [0.3, 0.4) is 0 Å². The van der Waals surface area contributed by atoms with Crippen molar-refractivity contribution >= 4 is 17.6 Å². The summed E-state index contributed by atoms with van der Waals surface area (Å²) in [4.78, 5) is 5.56. The molecule has 86 valence electrons. The average molecular weight is 242 g/mol. The quantitative estimate of drug-likeness (QED) is 0.879. The fraction of sp³-hybridized carbons (Fsp3) is 0.214. The van der Waals surface area contributed by atoms with Crippen molar-refractivity contribution in [3.63, 3.8) is 0 Å². The lowest BCUT2D eigenvalue weighted by Crippen LogP contribution is -2.05. The van der Waals surface area contributed by atoms with Gasteiger partial charge in [0.15, 0.2) is 0 Å². The second-order valence-corrected chi connectivity index (χ2v) is 5.36. The summed E-state index contributed by atoms with van der Waals surface area (Å²) < 4.78 is 0. The highest BCUT2D eigenvalue weighted by Crippen LogP contribution is 2.41. The number of thioether (sulfide) groups is 1. The summed E-state index contributed by atoms with van der Waals surface area (Å²) in [6.07, 6.45) is 2.74. The zero-order valence-corrected chi connectivity index (χ0v) is 10.3. The van der Waals surface area contributed by atoms with E-state index >= 15 is 0 Å². The molecule has 0 saturated carbocycles. The number of pyridine rings is 1. The summed E-state index contributed by atoms with van der Waals surface area (Å²) in [5.74, 6) is 2.39. The molecule has 2 aromatic rings. The summed E-state index contributed by atoms with van der Waals surface area (Å²) >= 11 is 1.94. The molecule has 0 bridgehead atoms. The Labute approximate surface area is 105 Å². The Morgan fingerprint density at radius 1 is 1.24 bits per heavy atom. The minimum Gasteiger partial charge on any atom is -0.383 e. The van der Waals surface area contributed by atoms with Crippen molar-refractivity contribution in [3.8, 4) is 0 Å². The molecular formula is C14H14N2S. The van der Waals surface area contributed by atoms with E-state index in [0.29, 0.717) is 11.7 Å². The van der Waals surface area contributed by atoms with Crippen molar-refractivity contribution < 1.29 is 0 Å². The minimum absolute atomic E-state index is 0.572. The number of rotatable bonds is 2. The maximum atomic E-state index is 5.90. The van der Waals surface area contributed by atoms with Gasteiger partial charge in [0.1, 0.15) is 5.82 Å². The number of anilines is 1. The third kappa shape index (κ3) is 2.03. The molecule has 2 nitrogen and oxygen atoms in total. The first kappa shape index (κ1) is 10.7. The standard InChI is InChI=1S/C14H14N2S/c15-14-10(4-3-7-16-14)8-11-9-17-13-6-2-1-5-12(11)13/h1-7,11H,8-9H2,(H2,15,16). The molecule has 2 heterocycles. The number of nitrogens with zero attached hydrogens (tertiary/aromatic N) is 1. The average Bonchev–Trinajstić information content (AvgIpc) is 2.76. The van der Waals surface area contributed by atoms with Crippen LogP contribution in [0.4, 0.5) is 5.82 Å². The van der Waals surface area contributed by atoms with Crippen molar-refractivity contribution in [1.29, 1.82) is 0 Å². The summed E-state index contributed by atoms with van der Waals surface area (Å²) in [6.45, 7) is 0. The molecule has 3 heteroatoms. The van der Waals surface area contributed by atoms with Gasteiger partial charge < -0.3 is 5.73 Å². The molecule has 0 radical (unpaired) electrons. The molecule has 1 unspecified atom stereocenters. The molecule has 17 heavy (non-hydrogen) atoms. The normalized spacial score (nSPS) is 18.0. The van der Waals surface area contributed by atoms with Gasteiger partial charge in [-0.3, -0.25) is 0 Å². The molecule has 1 aromatic heterocycles. The van der Waals surface area contributed by atoms with Gasteiger partial charge in [-0.15, -0.1) is 11.8 Å². The van der Waals surface area contributed by atoms with E-state index in [1.807, 2.05) is 17.8 Å². The van der Waals surface area contributed by atoms with Crippen LogP contribution in [0.25, 0.3) is 0 Å². The number of benzene rings is 1. The van der Waals surface area contributed by atoms with Crippen LogP contribution in [-0.4, -0.2) is 10.7 Å². The predicted molar refractivity (Wildman–Crippen MR) is 72.3 cm³/mol. The Morgan fingerprint density at radius 2 is 2.12 bits per heavy atom. The second kappa shape index (κ2) is 4.41. The van der Waals surface area contributed by atoms with E-state index < -0.39 is 0 Å². The number of hydrogen-bond donors (Lipinski definition) is 1. The van der Waals surface area contributed by atoms with E-state index in [9.17, 15) is 0 Å². The number of nitrogens with two attached hydrogens (primary N) is 1. The number of aromatic nitrogens is 1. The second-order valence-electron chi connectivity index (χ2n) is 4.30. The van der Waals surface area contributed by atoms with Gasteiger partial charge >= 0.3 is 0 Å². The maximum absolute atomic E-state index is 5.90. The zero-order valence-electron chi connectivity index (χ0n) is 9.47. The smallest absolute Gasteiger partial charge is 0.126 e. The molecule has 0 amide bonds. The summed E-state index contributed by atoms with van der Waals surface area (Å²) in [7, 11) is 0. The predicted octanol–water partition coefficient (Wildman–Crippen LogP) is 3.10. The van der Waals surface area contributed by atoms with Gasteiger partial charge in [-0.1, -0.05) is 24.3 Å². The molecule has 0 saturated heterocycles. The first-order chi connectivity index (χ1) is 8.34. The Hall–Kier alpha value is -1.48. The SMILES string of the molecule is Nc1ncccc1CC1CSc2ccccc21. The molecule has 0 aliphatic carbocycles. The third-order valence-corrected chi connectivity index (χ3v) is 4.44. The Kier molecular flexibility index (Phi) is 2.77. The molecule has 3 rings (SSSR count). The lowest BCUT2D eigenvalue weighted by molar-refractivity contribution is 0.772. The van der Waals surface area contributed by atoms with Crippen molar-refractivity contribution in [3.05, 3.63) is 53.7 Å². The molecule has 0 spiro atoms. The molecule has 1 aromatic carbocycles. The van der Waals surface area contributed by atoms with Crippen LogP contribution >= 0.6 is 11.8 Å².